The Kier molecular flexibility index (Phi) is 31.5. The maximum Gasteiger partial charge on any atom is 0.472 e. The van der Waals surface area contributed by atoms with E-state index in [2.05, 4.69) is 54.8 Å². The summed E-state index contributed by atoms with van der Waals surface area (Å²) in [6, 6.07) is 0. The van der Waals surface area contributed by atoms with E-state index in [0.717, 1.165) is 51.4 Å². The van der Waals surface area contributed by atoms with Gasteiger partial charge in [0.15, 0.2) is 6.10 Å². The highest BCUT2D eigenvalue weighted by Crippen LogP contribution is 2.43. The first-order chi connectivity index (χ1) is 22.7. The van der Waals surface area contributed by atoms with E-state index in [1.165, 1.54) is 51.4 Å². The number of carbonyl (C=O) groups excluding carboxylic acids is 2. The van der Waals surface area contributed by atoms with Crippen molar-refractivity contribution in [1.82, 2.24) is 0 Å². The molecule has 0 aromatic heterocycles. The lowest BCUT2D eigenvalue weighted by Crippen LogP contribution is -2.29. The lowest BCUT2D eigenvalue weighted by atomic mass is 10.1. The molecule has 3 atom stereocenters. The number of aliphatic hydroxyl groups excluding tert-OH is 2. The van der Waals surface area contributed by atoms with Gasteiger partial charge in [-0.2, -0.15) is 0 Å². The fraction of sp³-hybridized carbons (Fsp3) is 0.778. The van der Waals surface area contributed by atoms with E-state index >= 15 is 0 Å². The van der Waals surface area contributed by atoms with E-state index in [1.54, 1.807) is 0 Å². The summed E-state index contributed by atoms with van der Waals surface area (Å²) in [5.74, 6) is -0.975. The van der Waals surface area contributed by atoms with Crippen LogP contribution < -0.4 is 0 Å². The van der Waals surface area contributed by atoms with Gasteiger partial charge in [-0.3, -0.25) is 18.6 Å². The maximum absolute atomic E-state index is 12.5. The zero-order valence-corrected chi connectivity index (χ0v) is 30.1. The molecule has 0 saturated carbocycles. The molecule has 0 saturated heterocycles. The van der Waals surface area contributed by atoms with Crippen molar-refractivity contribution < 1.29 is 47.8 Å². The molecule has 0 aliphatic carbocycles. The summed E-state index contributed by atoms with van der Waals surface area (Å²) in [5.41, 5.74) is 0. The average molecular weight is 689 g/mol. The van der Waals surface area contributed by atoms with Crippen molar-refractivity contribution in [1.29, 1.82) is 0 Å². The summed E-state index contributed by atoms with van der Waals surface area (Å²) in [6.45, 7) is 2.25. The molecule has 0 aliphatic rings. The highest BCUT2D eigenvalue weighted by Gasteiger charge is 2.27. The Bertz CT molecular complexity index is 889. The number of hydrogen-bond acceptors (Lipinski definition) is 9. The summed E-state index contributed by atoms with van der Waals surface area (Å²) in [5, 5.41) is 18.2. The third kappa shape index (κ3) is 32.5. The first-order valence-corrected chi connectivity index (χ1v) is 19.4. The van der Waals surface area contributed by atoms with Crippen LogP contribution >= 0.6 is 7.82 Å². The normalized spacial score (nSPS) is 14.6. The molecule has 0 aromatic carbocycles. The van der Waals surface area contributed by atoms with Gasteiger partial charge in [0, 0.05) is 12.8 Å². The highest BCUT2D eigenvalue weighted by atomic mass is 31.2. The number of rotatable bonds is 33. The molecule has 3 N–H and O–H groups in total. The van der Waals surface area contributed by atoms with Gasteiger partial charge in [-0.05, 0) is 51.4 Å². The second kappa shape index (κ2) is 32.7. The van der Waals surface area contributed by atoms with Crippen LogP contribution in [0.4, 0.5) is 0 Å². The zero-order chi connectivity index (χ0) is 34.9. The number of carbonyl (C=O) groups is 2. The summed E-state index contributed by atoms with van der Waals surface area (Å²) < 4.78 is 32.4. The summed E-state index contributed by atoms with van der Waals surface area (Å²) >= 11 is 0. The van der Waals surface area contributed by atoms with E-state index in [9.17, 15) is 24.2 Å². The summed E-state index contributed by atoms with van der Waals surface area (Å²) in [7, 11) is -4.61. The predicted octanol–water partition coefficient (Wildman–Crippen LogP) is 8.44. The standard InChI is InChI=1S/C36H65O10P/c1-3-5-7-9-11-13-14-15-16-17-18-20-22-24-26-28-36(40)46-34(32-45-47(41,42)44-30-33(38)29-37)31-43-35(39)27-25-23-21-19-12-10-8-6-4-2/h11,13,15-16,18,20,33-34,37-38H,3-10,12,14,17,19,21-32H2,1-2H3,(H,41,42)/b13-11-,16-15-,20-18-/t33-,34+/m0/s1. The van der Waals surface area contributed by atoms with Crippen molar-refractivity contribution in [3.05, 3.63) is 36.5 Å². The number of aliphatic hydroxyl groups is 2. The lowest BCUT2D eigenvalue weighted by Gasteiger charge is -2.20. The molecule has 1 unspecified atom stereocenters. The third-order valence-corrected chi connectivity index (χ3v) is 8.25. The second-order valence-corrected chi connectivity index (χ2v) is 13.4. The number of unbranched alkanes of at least 4 members (excludes halogenated alkanes) is 13. The van der Waals surface area contributed by atoms with Gasteiger partial charge in [-0.25, -0.2) is 4.57 Å². The molecule has 0 rings (SSSR count). The minimum absolute atomic E-state index is 0.136. The molecule has 0 heterocycles. The van der Waals surface area contributed by atoms with E-state index in [1.807, 2.05) is 0 Å². The fourth-order valence-electron chi connectivity index (χ4n) is 4.47. The Morgan fingerprint density at radius 1 is 0.638 bits per heavy atom. The van der Waals surface area contributed by atoms with Crippen LogP contribution in [-0.4, -0.2) is 65.7 Å². The van der Waals surface area contributed by atoms with Crippen LogP contribution in [0, 0.1) is 0 Å². The Morgan fingerprint density at radius 3 is 1.70 bits per heavy atom. The third-order valence-electron chi connectivity index (χ3n) is 7.30. The fourth-order valence-corrected chi connectivity index (χ4v) is 5.26. The Labute approximate surface area is 284 Å². The van der Waals surface area contributed by atoms with Crippen LogP contribution in [-0.2, 0) is 32.7 Å². The number of hydrogen-bond donors (Lipinski definition) is 3. The average Bonchev–Trinajstić information content (AvgIpc) is 3.05. The monoisotopic (exact) mass is 688 g/mol. The van der Waals surface area contributed by atoms with Gasteiger partial charge in [-0.1, -0.05) is 115 Å². The molecule has 0 aromatic rings. The van der Waals surface area contributed by atoms with Gasteiger partial charge in [-0.15, -0.1) is 0 Å². The van der Waals surface area contributed by atoms with E-state index in [0.29, 0.717) is 12.8 Å². The molecule has 11 heteroatoms. The first kappa shape index (κ1) is 45.2. The van der Waals surface area contributed by atoms with Crippen LogP contribution in [0.15, 0.2) is 36.5 Å². The van der Waals surface area contributed by atoms with Crippen molar-refractivity contribution in [3.63, 3.8) is 0 Å². The van der Waals surface area contributed by atoms with Crippen molar-refractivity contribution in [2.24, 2.45) is 0 Å². The number of phosphoric ester groups is 1. The topological polar surface area (TPSA) is 149 Å². The van der Waals surface area contributed by atoms with Gasteiger partial charge in [0.2, 0.25) is 0 Å². The molecule has 0 fully saturated rings. The maximum atomic E-state index is 12.5. The molecule has 47 heavy (non-hydrogen) atoms. The van der Waals surface area contributed by atoms with Crippen LogP contribution in [0.25, 0.3) is 0 Å². The van der Waals surface area contributed by atoms with Gasteiger partial charge in [0.05, 0.1) is 19.8 Å². The van der Waals surface area contributed by atoms with Crippen LogP contribution in [0.5, 0.6) is 0 Å². The quantitative estimate of drug-likeness (QED) is 0.0265. The zero-order valence-electron chi connectivity index (χ0n) is 29.2. The molecular formula is C36H65O10P. The first-order valence-electron chi connectivity index (χ1n) is 17.9. The number of ether oxygens (including phenoxy) is 2. The van der Waals surface area contributed by atoms with Crippen molar-refractivity contribution in [2.75, 3.05) is 26.4 Å². The minimum atomic E-state index is -4.61. The molecule has 0 spiro atoms. The smallest absolute Gasteiger partial charge is 0.462 e. The molecule has 0 radical (unpaired) electrons. The highest BCUT2D eigenvalue weighted by molar-refractivity contribution is 7.47. The summed E-state index contributed by atoms with van der Waals surface area (Å²) in [6.07, 6.45) is 29.9. The molecule has 0 bridgehead atoms. The Balaban J connectivity index is 4.48. The number of allylic oxidation sites excluding steroid dienone is 6. The largest absolute Gasteiger partial charge is 0.472 e. The van der Waals surface area contributed by atoms with Gasteiger partial charge in [0.1, 0.15) is 12.7 Å². The Hall–Kier alpha value is -1.81. The molecule has 274 valence electrons. The Morgan fingerprint density at radius 2 is 1.11 bits per heavy atom. The van der Waals surface area contributed by atoms with Gasteiger partial charge in [0.25, 0.3) is 0 Å². The van der Waals surface area contributed by atoms with Crippen LogP contribution in [0.1, 0.15) is 142 Å². The molecule has 10 nitrogen and oxygen atoms in total. The molecule has 0 aliphatic heterocycles. The van der Waals surface area contributed by atoms with Crippen LogP contribution in [0.2, 0.25) is 0 Å². The predicted molar refractivity (Wildman–Crippen MR) is 187 cm³/mol. The minimum Gasteiger partial charge on any atom is -0.462 e. The van der Waals surface area contributed by atoms with E-state index in [4.69, 9.17) is 19.1 Å². The van der Waals surface area contributed by atoms with Crippen molar-refractivity contribution in [3.8, 4) is 0 Å². The van der Waals surface area contributed by atoms with Crippen LogP contribution in [0.3, 0.4) is 0 Å². The SMILES string of the molecule is CCCCC/C=C\C/C=C\C/C=C\CCCCC(=O)O[C@H](COC(=O)CCCCCCCCCCC)COP(=O)(O)OC[C@@H](O)CO. The summed E-state index contributed by atoms with van der Waals surface area (Å²) in [4.78, 5) is 34.7. The van der Waals surface area contributed by atoms with E-state index in [-0.39, 0.29) is 19.4 Å². The second-order valence-electron chi connectivity index (χ2n) is 11.9. The number of esters is 2. The van der Waals surface area contributed by atoms with Crippen molar-refractivity contribution >= 4 is 19.8 Å². The van der Waals surface area contributed by atoms with E-state index < -0.39 is 51.8 Å². The van der Waals surface area contributed by atoms with Gasteiger partial charge < -0.3 is 24.6 Å². The molecular weight excluding hydrogens is 623 g/mol. The van der Waals surface area contributed by atoms with Gasteiger partial charge >= 0.3 is 19.8 Å². The lowest BCUT2D eigenvalue weighted by molar-refractivity contribution is -0.161. The van der Waals surface area contributed by atoms with Crippen molar-refractivity contribution in [2.45, 2.75) is 154 Å². The number of phosphoric acid groups is 1. The molecule has 0 amide bonds.